The lowest BCUT2D eigenvalue weighted by atomic mass is 10.2. The van der Waals surface area contributed by atoms with Crippen LogP contribution in [0.15, 0.2) is 30.5 Å². The predicted molar refractivity (Wildman–Crippen MR) is 90.0 cm³/mol. The van der Waals surface area contributed by atoms with E-state index in [2.05, 4.69) is 36.3 Å². The van der Waals surface area contributed by atoms with Gasteiger partial charge in [0, 0.05) is 22.7 Å². The largest absolute Gasteiger partial charge is 0.491 e. The molecule has 0 saturated heterocycles. The molecule has 1 atom stereocenters. The smallest absolute Gasteiger partial charge is 0.123 e. The molecule has 114 valence electrons. The molecule has 3 nitrogen and oxygen atoms in total. The Hall–Kier alpha value is -1.39. The first kappa shape index (κ1) is 16.0. The molecule has 4 heteroatoms. The maximum Gasteiger partial charge on any atom is 0.123 e. The van der Waals surface area contributed by atoms with Crippen molar-refractivity contribution >= 4 is 11.3 Å². The lowest BCUT2D eigenvalue weighted by molar-refractivity contribution is 0.242. The van der Waals surface area contributed by atoms with E-state index < -0.39 is 0 Å². The molecular formula is C17H24N2OS. The van der Waals surface area contributed by atoms with E-state index >= 15 is 0 Å². The molecule has 0 aliphatic heterocycles. The van der Waals surface area contributed by atoms with Crippen LogP contribution in [0.5, 0.6) is 5.75 Å². The Morgan fingerprint density at radius 3 is 2.81 bits per heavy atom. The van der Waals surface area contributed by atoms with E-state index in [1.165, 1.54) is 4.88 Å². The Labute approximate surface area is 131 Å². The lowest BCUT2D eigenvalue weighted by Crippen LogP contribution is -2.18. The van der Waals surface area contributed by atoms with Gasteiger partial charge < -0.3 is 10.1 Å². The van der Waals surface area contributed by atoms with Gasteiger partial charge in [0.05, 0.1) is 6.10 Å². The van der Waals surface area contributed by atoms with Crippen LogP contribution in [0.25, 0.3) is 10.6 Å². The third-order valence-corrected chi connectivity index (χ3v) is 4.33. The first-order valence-corrected chi connectivity index (χ1v) is 8.38. The molecule has 0 amide bonds. The lowest BCUT2D eigenvalue weighted by Gasteiger charge is -2.10. The number of aromatic nitrogens is 1. The average Bonchev–Trinajstić information content (AvgIpc) is 2.94. The maximum atomic E-state index is 5.75. The summed E-state index contributed by atoms with van der Waals surface area (Å²) in [6.45, 7) is 9.47. The second kappa shape index (κ2) is 7.57. The number of hydrogen-bond donors (Lipinski definition) is 1. The molecule has 2 rings (SSSR count). The molecule has 0 fully saturated rings. The van der Waals surface area contributed by atoms with Crippen LogP contribution >= 0.6 is 11.3 Å². The number of benzene rings is 1. The van der Waals surface area contributed by atoms with Gasteiger partial charge in [0.2, 0.25) is 0 Å². The van der Waals surface area contributed by atoms with Gasteiger partial charge in [-0.2, -0.15) is 0 Å². The van der Waals surface area contributed by atoms with Gasteiger partial charge in [-0.1, -0.05) is 19.1 Å². The minimum atomic E-state index is 0.186. The highest BCUT2D eigenvalue weighted by Crippen LogP contribution is 2.30. The van der Waals surface area contributed by atoms with Crippen LogP contribution in [0.4, 0.5) is 0 Å². The number of nitrogens with zero attached hydrogens (tertiary/aromatic N) is 1. The minimum Gasteiger partial charge on any atom is -0.491 e. The molecule has 1 N–H and O–H groups in total. The summed E-state index contributed by atoms with van der Waals surface area (Å²) < 4.78 is 5.75. The van der Waals surface area contributed by atoms with Crippen molar-refractivity contribution in [1.82, 2.24) is 10.3 Å². The summed E-state index contributed by atoms with van der Waals surface area (Å²) in [6.07, 6.45) is 3.30. The van der Waals surface area contributed by atoms with Crippen molar-refractivity contribution < 1.29 is 4.74 Å². The van der Waals surface area contributed by atoms with Crippen molar-refractivity contribution in [3.05, 3.63) is 35.3 Å². The summed E-state index contributed by atoms with van der Waals surface area (Å²) in [6, 6.07) is 8.51. The third kappa shape index (κ3) is 4.55. The Kier molecular flexibility index (Phi) is 5.76. The van der Waals surface area contributed by atoms with Gasteiger partial charge in [-0.05, 0) is 45.9 Å². The predicted octanol–water partition coefficient (Wildman–Crippen LogP) is 4.66. The number of rotatable bonds is 7. The van der Waals surface area contributed by atoms with Crippen molar-refractivity contribution in [2.75, 3.05) is 6.54 Å². The standard InChI is InChI=1S/C17H24N2OS/c1-5-9-18-13(4)16-11-19-17(21-16)14-7-6-8-15(10-14)20-12(2)3/h6-8,10-13,18H,5,9H2,1-4H3. The third-order valence-electron chi connectivity index (χ3n) is 3.10. The number of thiazole rings is 1. The molecular weight excluding hydrogens is 280 g/mol. The van der Waals surface area contributed by atoms with Gasteiger partial charge in [0.15, 0.2) is 0 Å². The fourth-order valence-corrected chi connectivity index (χ4v) is 3.00. The van der Waals surface area contributed by atoms with E-state index in [0.717, 1.165) is 29.3 Å². The SMILES string of the molecule is CCCNC(C)c1cnc(-c2cccc(OC(C)C)c2)s1. The molecule has 0 bridgehead atoms. The van der Waals surface area contributed by atoms with Crippen LogP contribution < -0.4 is 10.1 Å². The minimum absolute atomic E-state index is 0.186. The van der Waals surface area contributed by atoms with Crippen molar-refractivity contribution in [3.8, 4) is 16.3 Å². The summed E-state index contributed by atoms with van der Waals surface area (Å²) >= 11 is 1.74. The summed E-state index contributed by atoms with van der Waals surface area (Å²) in [4.78, 5) is 5.83. The first-order chi connectivity index (χ1) is 10.1. The Morgan fingerprint density at radius 1 is 1.29 bits per heavy atom. The van der Waals surface area contributed by atoms with E-state index in [1.807, 2.05) is 32.2 Å². The van der Waals surface area contributed by atoms with Crippen molar-refractivity contribution in [1.29, 1.82) is 0 Å². The first-order valence-electron chi connectivity index (χ1n) is 7.56. The van der Waals surface area contributed by atoms with Crippen LogP contribution in [0.1, 0.15) is 45.0 Å². The molecule has 21 heavy (non-hydrogen) atoms. The zero-order chi connectivity index (χ0) is 15.2. The van der Waals surface area contributed by atoms with Crippen LogP contribution in [-0.2, 0) is 0 Å². The molecule has 1 aromatic heterocycles. The summed E-state index contributed by atoms with van der Waals surface area (Å²) in [5.41, 5.74) is 1.12. The highest BCUT2D eigenvalue weighted by molar-refractivity contribution is 7.15. The van der Waals surface area contributed by atoms with Crippen LogP contribution in [0.3, 0.4) is 0 Å². The molecule has 0 saturated carbocycles. The van der Waals surface area contributed by atoms with Crippen LogP contribution in [0.2, 0.25) is 0 Å². The zero-order valence-corrected chi connectivity index (χ0v) is 14.0. The molecule has 1 unspecified atom stereocenters. The van der Waals surface area contributed by atoms with Crippen molar-refractivity contribution in [2.45, 2.75) is 46.3 Å². The van der Waals surface area contributed by atoms with Crippen molar-refractivity contribution in [2.24, 2.45) is 0 Å². The van der Waals surface area contributed by atoms with Crippen LogP contribution in [-0.4, -0.2) is 17.6 Å². The molecule has 0 spiro atoms. The Morgan fingerprint density at radius 2 is 2.10 bits per heavy atom. The monoisotopic (exact) mass is 304 g/mol. The van der Waals surface area contributed by atoms with E-state index in [0.29, 0.717) is 6.04 Å². The number of nitrogens with one attached hydrogen (secondary N) is 1. The van der Waals surface area contributed by atoms with Gasteiger partial charge in [-0.25, -0.2) is 4.98 Å². The fraction of sp³-hybridized carbons (Fsp3) is 0.471. The van der Waals surface area contributed by atoms with Gasteiger partial charge >= 0.3 is 0 Å². The highest BCUT2D eigenvalue weighted by Gasteiger charge is 2.11. The second-order valence-corrected chi connectivity index (χ2v) is 6.50. The zero-order valence-electron chi connectivity index (χ0n) is 13.2. The molecule has 0 radical (unpaired) electrons. The summed E-state index contributed by atoms with van der Waals surface area (Å²) in [7, 11) is 0. The quantitative estimate of drug-likeness (QED) is 0.808. The second-order valence-electron chi connectivity index (χ2n) is 5.44. The Balaban J connectivity index is 2.13. The summed E-state index contributed by atoms with van der Waals surface area (Å²) in [5, 5.41) is 4.54. The summed E-state index contributed by atoms with van der Waals surface area (Å²) in [5.74, 6) is 0.899. The van der Waals surface area contributed by atoms with Crippen molar-refractivity contribution in [3.63, 3.8) is 0 Å². The van der Waals surface area contributed by atoms with Gasteiger partial charge in [-0.3, -0.25) is 0 Å². The van der Waals surface area contributed by atoms with E-state index in [-0.39, 0.29) is 6.10 Å². The normalized spacial score (nSPS) is 12.6. The average molecular weight is 304 g/mol. The topological polar surface area (TPSA) is 34.2 Å². The van der Waals surface area contributed by atoms with Gasteiger partial charge in [0.1, 0.15) is 10.8 Å². The van der Waals surface area contributed by atoms with Crippen LogP contribution in [0, 0.1) is 0 Å². The molecule has 0 aliphatic carbocycles. The molecule has 1 aromatic carbocycles. The van der Waals surface area contributed by atoms with Gasteiger partial charge in [-0.15, -0.1) is 11.3 Å². The number of hydrogen-bond acceptors (Lipinski definition) is 4. The van der Waals surface area contributed by atoms with Gasteiger partial charge in [0.25, 0.3) is 0 Å². The molecule has 1 heterocycles. The molecule has 0 aliphatic rings. The Bertz CT molecular complexity index is 565. The number of ether oxygens (including phenoxy) is 1. The van der Waals surface area contributed by atoms with E-state index in [4.69, 9.17) is 4.74 Å². The van der Waals surface area contributed by atoms with E-state index in [9.17, 15) is 0 Å². The maximum absolute atomic E-state index is 5.75. The molecule has 2 aromatic rings. The van der Waals surface area contributed by atoms with E-state index in [1.54, 1.807) is 11.3 Å². The highest BCUT2D eigenvalue weighted by atomic mass is 32.1. The fourth-order valence-electron chi connectivity index (χ4n) is 2.06.